The number of rotatable bonds is 5. The lowest BCUT2D eigenvalue weighted by Crippen LogP contribution is -2.32. The molecule has 1 saturated heterocycles. The average Bonchev–Trinajstić information content (AvgIpc) is 2.46. The second-order valence-electron chi connectivity index (χ2n) is 5.26. The van der Waals surface area contributed by atoms with Crippen molar-refractivity contribution >= 4 is 10.0 Å². The normalized spacial score (nSPS) is 17.6. The topological polar surface area (TPSA) is 49.4 Å². The molecular weight excluding hydrogens is 279 g/mol. The minimum Gasteiger partial charge on any atom is -0.317 e. The third-order valence-electron chi connectivity index (χ3n) is 3.83. The van der Waals surface area contributed by atoms with Gasteiger partial charge in [-0.25, -0.2) is 17.1 Å². The molecule has 0 bridgehead atoms. The molecule has 1 heterocycles. The summed E-state index contributed by atoms with van der Waals surface area (Å²) in [4.78, 5) is 0.145. The van der Waals surface area contributed by atoms with Gasteiger partial charge in [0.2, 0.25) is 10.0 Å². The van der Waals surface area contributed by atoms with Crippen molar-refractivity contribution in [1.82, 2.24) is 9.62 Å². The Morgan fingerprint density at radius 3 is 2.45 bits per heavy atom. The van der Waals surface area contributed by atoms with Crippen LogP contribution in [-0.4, -0.2) is 39.4 Å². The van der Waals surface area contributed by atoms with E-state index in [2.05, 4.69) is 5.32 Å². The molecule has 0 atom stereocenters. The summed E-state index contributed by atoms with van der Waals surface area (Å²) >= 11 is 0. The van der Waals surface area contributed by atoms with Crippen molar-refractivity contribution in [1.29, 1.82) is 0 Å². The Labute approximate surface area is 120 Å². The van der Waals surface area contributed by atoms with Crippen molar-refractivity contribution in [2.75, 3.05) is 26.7 Å². The highest BCUT2D eigenvalue weighted by Gasteiger charge is 2.22. The van der Waals surface area contributed by atoms with Crippen LogP contribution in [0.1, 0.15) is 19.3 Å². The van der Waals surface area contributed by atoms with Crippen LogP contribution in [-0.2, 0) is 10.0 Å². The standard InChI is InChI=1S/C14H21FN2O2S/c1-17(11-8-12-6-9-16-10-7-12)20(18,19)14-4-2-13(15)3-5-14/h2-5,12,16H,6-11H2,1H3. The van der Waals surface area contributed by atoms with Crippen LogP contribution in [0.4, 0.5) is 4.39 Å². The van der Waals surface area contributed by atoms with Crippen LogP contribution in [0.25, 0.3) is 0 Å². The third-order valence-corrected chi connectivity index (χ3v) is 5.70. The molecule has 1 fully saturated rings. The van der Waals surface area contributed by atoms with Gasteiger partial charge in [-0.1, -0.05) is 0 Å². The number of halogens is 1. The summed E-state index contributed by atoms with van der Waals surface area (Å²) in [5.41, 5.74) is 0. The van der Waals surface area contributed by atoms with Crippen LogP contribution in [0, 0.1) is 11.7 Å². The summed E-state index contributed by atoms with van der Waals surface area (Å²) in [6.07, 6.45) is 3.08. The van der Waals surface area contributed by atoms with Crippen molar-refractivity contribution in [2.45, 2.75) is 24.2 Å². The number of piperidine rings is 1. The van der Waals surface area contributed by atoms with Gasteiger partial charge in [-0.05, 0) is 62.5 Å². The first-order chi connectivity index (χ1) is 9.50. The lowest BCUT2D eigenvalue weighted by molar-refractivity contribution is 0.326. The molecule has 6 heteroatoms. The molecule has 20 heavy (non-hydrogen) atoms. The van der Waals surface area contributed by atoms with Gasteiger partial charge in [0.1, 0.15) is 5.82 Å². The van der Waals surface area contributed by atoms with E-state index < -0.39 is 15.8 Å². The molecule has 0 aliphatic carbocycles. The Balaban J connectivity index is 1.96. The Bertz CT molecular complexity index is 525. The van der Waals surface area contributed by atoms with Gasteiger partial charge in [0, 0.05) is 13.6 Å². The second kappa shape index (κ2) is 6.65. The molecule has 1 N–H and O–H groups in total. The Morgan fingerprint density at radius 2 is 1.85 bits per heavy atom. The van der Waals surface area contributed by atoms with Crippen molar-refractivity contribution in [2.24, 2.45) is 5.92 Å². The van der Waals surface area contributed by atoms with E-state index >= 15 is 0 Å². The zero-order chi connectivity index (χ0) is 14.6. The largest absolute Gasteiger partial charge is 0.317 e. The maximum absolute atomic E-state index is 12.9. The molecule has 1 aromatic rings. The van der Waals surface area contributed by atoms with Gasteiger partial charge in [0.25, 0.3) is 0 Å². The SMILES string of the molecule is CN(CCC1CCNCC1)S(=O)(=O)c1ccc(F)cc1. The molecule has 1 aromatic carbocycles. The summed E-state index contributed by atoms with van der Waals surface area (Å²) in [7, 11) is -1.92. The van der Waals surface area contributed by atoms with Crippen molar-refractivity contribution in [3.8, 4) is 0 Å². The molecule has 0 amide bonds. The van der Waals surface area contributed by atoms with E-state index in [1.165, 1.54) is 28.6 Å². The number of hydrogen-bond acceptors (Lipinski definition) is 3. The van der Waals surface area contributed by atoms with Crippen molar-refractivity contribution < 1.29 is 12.8 Å². The first kappa shape index (κ1) is 15.4. The Kier molecular flexibility index (Phi) is 5.12. The van der Waals surface area contributed by atoms with Crippen LogP contribution in [0.5, 0.6) is 0 Å². The summed E-state index contributed by atoms with van der Waals surface area (Å²) < 4.78 is 38.8. The molecule has 2 rings (SSSR count). The molecule has 0 saturated carbocycles. The number of sulfonamides is 1. The quantitative estimate of drug-likeness (QED) is 0.902. The van der Waals surface area contributed by atoms with Crippen LogP contribution < -0.4 is 5.32 Å². The van der Waals surface area contributed by atoms with Crippen LogP contribution >= 0.6 is 0 Å². The van der Waals surface area contributed by atoms with Gasteiger partial charge in [-0.3, -0.25) is 0 Å². The monoisotopic (exact) mass is 300 g/mol. The summed E-state index contributed by atoms with van der Waals surface area (Å²) in [5, 5.41) is 3.30. The van der Waals surface area contributed by atoms with E-state index in [1.807, 2.05) is 0 Å². The summed E-state index contributed by atoms with van der Waals surface area (Å²) in [5.74, 6) is 0.156. The van der Waals surface area contributed by atoms with E-state index in [-0.39, 0.29) is 4.90 Å². The molecule has 112 valence electrons. The second-order valence-corrected chi connectivity index (χ2v) is 7.31. The van der Waals surface area contributed by atoms with Gasteiger partial charge in [-0.15, -0.1) is 0 Å². The lowest BCUT2D eigenvalue weighted by Gasteiger charge is -2.25. The maximum atomic E-state index is 12.9. The van der Waals surface area contributed by atoms with Crippen LogP contribution in [0.15, 0.2) is 29.2 Å². The fourth-order valence-corrected chi connectivity index (χ4v) is 3.63. The number of nitrogens with one attached hydrogen (secondary N) is 1. The van der Waals surface area contributed by atoms with Gasteiger partial charge in [0.05, 0.1) is 4.90 Å². The molecule has 0 radical (unpaired) electrons. The zero-order valence-electron chi connectivity index (χ0n) is 11.7. The van der Waals surface area contributed by atoms with E-state index in [1.54, 1.807) is 7.05 Å². The maximum Gasteiger partial charge on any atom is 0.242 e. The predicted octanol–water partition coefficient (Wildman–Crippen LogP) is 1.84. The fourth-order valence-electron chi connectivity index (χ4n) is 2.44. The molecule has 0 spiro atoms. The molecular formula is C14H21FN2O2S. The van der Waals surface area contributed by atoms with E-state index in [0.717, 1.165) is 32.4 Å². The highest BCUT2D eigenvalue weighted by Crippen LogP contribution is 2.19. The average molecular weight is 300 g/mol. The van der Waals surface area contributed by atoms with Crippen molar-refractivity contribution in [3.63, 3.8) is 0 Å². The molecule has 0 aromatic heterocycles. The van der Waals surface area contributed by atoms with Gasteiger partial charge < -0.3 is 5.32 Å². The minimum atomic E-state index is -3.51. The van der Waals surface area contributed by atoms with Gasteiger partial charge in [-0.2, -0.15) is 0 Å². The number of nitrogens with zero attached hydrogens (tertiary/aromatic N) is 1. The number of benzene rings is 1. The predicted molar refractivity (Wildman–Crippen MR) is 76.4 cm³/mol. The van der Waals surface area contributed by atoms with Gasteiger partial charge in [0.15, 0.2) is 0 Å². The highest BCUT2D eigenvalue weighted by molar-refractivity contribution is 7.89. The molecule has 4 nitrogen and oxygen atoms in total. The van der Waals surface area contributed by atoms with E-state index in [0.29, 0.717) is 12.5 Å². The number of hydrogen-bond donors (Lipinski definition) is 1. The summed E-state index contributed by atoms with van der Waals surface area (Å²) in [6, 6.07) is 4.97. The Hall–Kier alpha value is -0.980. The molecule has 1 aliphatic heterocycles. The minimum absolute atomic E-state index is 0.145. The summed E-state index contributed by atoms with van der Waals surface area (Å²) in [6.45, 7) is 2.53. The third kappa shape index (κ3) is 3.77. The Morgan fingerprint density at radius 1 is 1.25 bits per heavy atom. The lowest BCUT2D eigenvalue weighted by atomic mass is 9.95. The van der Waals surface area contributed by atoms with Crippen LogP contribution in [0.2, 0.25) is 0 Å². The first-order valence-electron chi connectivity index (χ1n) is 6.93. The van der Waals surface area contributed by atoms with Crippen LogP contribution in [0.3, 0.4) is 0 Å². The van der Waals surface area contributed by atoms with Gasteiger partial charge >= 0.3 is 0 Å². The molecule has 0 unspecified atom stereocenters. The zero-order valence-corrected chi connectivity index (χ0v) is 12.5. The van der Waals surface area contributed by atoms with E-state index in [4.69, 9.17) is 0 Å². The highest BCUT2D eigenvalue weighted by atomic mass is 32.2. The first-order valence-corrected chi connectivity index (χ1v) is 8.37. The molecule has 1 aliphatic rings. The smallest absolute Gasteiger partial charge is 0.242 e. The van der Waals surface area contributed by atoms with Crippen molar-refractivity contribution in [3.05, 3.63) is 30.1 Å². The van der Waals surface area contributed by atoms with E-state index in [9.17, 15) is 12.8 Å². The fraction of sp³-hybridized carbons (Fsp3) is 0.571.